The Morgan fingerprint density at radius 2 is 1.96 bits per heavy atom. The average Bonchev–Trinajstić information content (AvgIpc) is 3.38. The fraction of sp³-hybridized carbons (Fsp3) is 0.471. The predicted molar refractivity (Wildman–Crippen MR) is 82.5 cm³/mol. The fourth-order valence-electron chi connectivity index (χ4n) is 2.12. The van der Waals surface area contributed by atoms with E-state index in [0.29, 0.717) is 17.2 Å². The van der Waals surface area contributed by atoms with Crippen LogP contribution in [0.25, 0.3) is 0 Å². The van der Waals surface area contributed by atoms with E-state index in [1.807, 2.05) is 13.0 Å². The minimum Gasteiger partial charge on any atom is -0.479 e. The van der Waals surface area contributed by atoms with Gasteiger partial charge in [0.15, 0.2) is 12.7 Å². The van der Waals surface area contributed by atoms with E-state index >= 15 is 0 Å². The van der Waals surface area contributed by atoms with Crippen LogP contribution in [0.2, 0.25) is 0 Å². The molecule has 1 aliphatic rings. The van der Waals surface area contributed by atoms with Crippen molar-refractivity contribution in [2.75, 3.05) is 6.61 Å². The number of rotatable bonds is 7. The molecule has 1 amide bonds. The van der Waals surface area contributed by atoms with Crippen molar-refractivity contribution in [2.24, 2.45) is 5.92 Å². The molecule has 1 fully saturated rings. The summed E-state index contributed by atoms with van der Waals surface area (Å²) in [6.07, 6.45) is 1.43. The summed E-state index contributed by atoms with van der Waals surface area (Å²) in [7, 11) is 0. The largest absolute Gasteiger partial charge is 0.479 e. The quantitative estimate of drug-likeness (QED) is 0.775. The maximum absolute atomic E-state index is 11.8. The molecular weight excluding hydrogens is 296 g/mol. The van der Waals surface area contributed by atoms with Crippen molar-refractivity contribution in [3.8, 4) is 11.8 Å². The Kier molecular flexibility index (Phi) is 5.58. The van der Waals surface area contributed by atoms with Crippen molar-refractivity contribution in [3.05, 3.63) is 29.8 Å². The summed E-state index contributed by atoms with van der Waals surface area (Å²) in [6.45, 7) is 3.19. The molecule has 0 heterocycles. The van der Waals surface area contributed by atoms with Crippen LogP contribution in [0.3, 0.4) is 0 Å². The molecule has 23 heavy (non-hydrogen) atoms. The number of nitrogens with one attached hydrogen (secondary N) is 1. The predicted octanol–water partition coefficient (Wildman–Crippen LogP) is 1.78. The standard InChI is InChI=1S/C17H20N2O4/c1-11(14-5-6-14)19-16(20)10-22-17(21)12(2)23-15-7-3-13(9-18)4-8-15/h3-4,7-8,11-12,14H,5-6,10H2,1-2H3,(H,19,20)/t11-,12+/m0/s1. The van der Waals surface area contributed by atoms with Gasteiger partial charge < -0.3 is 14.8 Å². The summed E-state index contributed by atoms with van der Waals surface area (Å²) < 4.78 is 10.4. The lowest BCUT2D eigenvalue weighted by molar-refractivity contribution is -0.154. The number of hydrogen-bond donors (Lipinski definition) is 1. The Hall–Kier alpha value is -2.55. The van der Waals surface area contributed by atoms with E-state index in [2.05, 4.69) is 5.32 Å². The third-order valence-corrected chi connectivity index (χ3v) is 3.69. The van der Waals surface area contributed by atoms with Gasteiger partial charge in [-0.2, -0.15) is 5.26 Å². The Balaban J connectivity index is 1.73. The van der Waals surface area contributed by atoms with E-state index in [1.54, 1.807) is 31.2 Å². The molecule has 0 saturated heterocycles. The van der Waals surface area contributed by atoms with Crippen molar-refractivity contribution in [3.63, 3.8) is 0 Å². The van der Waals surface area contributed by atoms with Crippen LogP contribution in [0.1, 0.15) is 32.3 Å². The summed E-state index contributed by atoms with van der Waals surface area (Å²) in [6, 6.07) is 8.52. The van der Waals surface area contributed by atoms with Crippen LogP contribution in [0.5, 0.6) is 5.75 Å². The summed E-state index contributed by atoms with van der Waals surface area (Å²) in [5, 5.41) is 11.5. The highest BCUT2D eigenvalue weighted by atomic mass is 16.6. The summed E-state index contributed by atoms with van der Waals surface area (Å²) in [4.78, 5) is 23.5. The highest BCUT2D eigenvalue weighted by Crippen LogP contribution is 2.32. The average molecular weight is 316 g/mol. The lowest BCUT2D eigenvalue weighted by Gasteiger charge is -2.15. The number of amides is 1. The van der Waals surface area contributed by atoms with E-state index < -0.39 is 12.1 Å². The SMILES string of the molecule is C[C@H](NC(=O)COC(=O)[C@@H](C)Oc1ccc(C#N)cc1)C1CC1. The van der Waals surface area contributed by atoms with Gasteiger partial charge in [-0.15, -0.1) is 0 Å². The van der Waals surface area contributed by atoms with Crippen LogP contribution >= 0.6 is 0 Å². The summed E-state index contributed by atoms with van der Waals surface area (Å²) >= 11 is 0. The lowest BCUT2D eigenvalue weighted by Crippen LogP contribution is -2.38. The number of nitrogens with zero attached hydrogens (tertiary/aromatic N) is 1. The number of carbonyl (C=O) groups excluding carboxylic acids is 2. The molecule has 0 aromatic heterocycles. The molecule has 1 aromatic carbocycles. The number of nitriles is 1. The van der Waals surface area contributed by atoms with Crippen molar-refractivity contribution < 1.29 is 19.1 Å². The van der Waals surface area contributed by atoms with Crippen LogP contribution in [-0.4, -0.2) is 30.6 Å². The monoisotopic (exact) mass is 316 g/mol. The van der Waals surface area contributed by atoms with Gasteiger partial charge in [0.05, 0.1) is 11.6 Å². The highest BCUT2D eigenvalue weighted by Gasteiger charge is 2.29. The van der Waals surface area contributed by atoms with Gasteiger partial charge in [-0.1, -0.05) is 0 Å². The minimum atomic E-state index is -0.836. The van der Waals surface area contributed by atoms with Gasteiger partial charge in [0.1, 0.15) is 5.75 Å². The zero-order valence-electron chi connectivity index (χ0n) is 13.2. The zero-order chi connectivity index (χ0) is 16.8. The van der Waals surface area contributed by atoms with Crippen molar-refractivity contribution in [1.82, 2.24) is 5.32 Å². The Labute approximate surface area is 135 Å². The third-order valence-electron chi connectivity index (χ3n) is 3.69. The van der Waals surface area contributed by atoms with Crippen LogP contribution < -0.4 is 10.1 Å². The molecule has 0 radical (unpaired) electrons. The van der Waals surface area contributed by atoms with E-state index in [0.717, 1.165) is 12.8 Å². The van der Waals surface area contributed by atoms with Crippen LogP contribution in [0, 0.1) is 17.2 Å². The Morgan fingerprint density at radius 3 is 2.52 bits per heavy atom. The number of ether oxygens (including phenoxy) is 2. The van der Waals surface area contributed by atoms with Crippen LogP contribution in [0.15, 0.2) is 24.3 Å². The van der Waals surface area contributed by atoms with Crippen molar-refractivity contribution in [1.29, 1.82) is 5.26 Å². The highest BCUT2D eigenvalue weighted by molar-refractivity contribution is 5.82. The number of esters is 1. The van der Waals surface area contributed by atoms with Crippen LogP contribution in [-0.2, 0) is 14.3 Å². The molecular formula is C17H20N2O4. The summed E-state index contributed by atoms with van der Waals surface area (Å²) in [5.74, 6) is 0.0976. The second-order valence-corrected chi connectivity index (χ2v) is 5.70. The summed E-state index contributed by atoms with van der Waals surface area (Å²) in [5.41, 5.74) is 0.508. The first-order chi connectivity index (χ1) is 11.0. The molecule has 1 aliphatic carbocycles. The number of hydrogen-bond acceptors (Lipinski definition) is 5. The van der Waals surface area contributed by atoms with Gasteiger partial charge in [-0.05, 0) is 56.9 Å². The third kappa shape index (κ3) is 5.29. The number of carbonyl (C=O) groups is 2. The zero-order valence-corrected chi connectivity index (χ0v) is 13.2. The van der Waals surface area contributed by atoms with E-state index in [4.69, 9.17) is 14.7 Å². The molecule has 1 aromatic rings. The molecule has 6 heteroatoms. The lowest BCUT2D eigenvalue weighted by atomic mass is 10.2. The Morgan fingerprint density at radius 1 is 1.30 bits per heavy atom. The first kappa shape index (κ1) is 16.8. The molecule has 0 aliphatic heterocycles. The normalized spacial score (nSPS) is 15.9. The Bertz CT molecular complexity index is 602. The molecule has 2 atom stereocenters. The first-order valence-electron chi connectivity index (χ1n) is 7.62. The van der Waals surface area contributed by atoms with Gasteiger partial charge in [0.2, 0.25) is 0 Å². The second-order valence-electron chi connectivity index (χ2n) is 5.70. The number of benzene rings is 1. The maximum atomic E-state index is 11.8. The second kappa shape index (κ2) is 7.63. The molecule has 0 spiro atoms. The molecule has 1 saturated carbocycles. The van der Waals surface area contributed by atoms with E-state index in [9.17, 15) is 9.59 Å². The van der Waals surface area contributed by atoms with Gasteiger partial charge in [-0.3, -0.25) is 4.79 Å². The van der Waals surface area contributed by atoms with Gasteiger partial charge in [-0.25, -0.2) is 4.79 Å². The smallest absolute Gasteiger partial charge is 0.347 e. The molecule has 1 N–H and O–H groups in total. The topological polar surface area (TPSA) is 88.4 Å². The molecule has 6 nitrogen and oxygen atoms in total. The molecule has 0 unspecified atom stereocenters. The van der Waals surface area contributed by atoms with Gasteiger partial charge in [0.25, 0.3) is 5.91 Å². The maximum Gasteiger partial charge on any atom is 0.347 e. The van der Waals surface area contributed by atoms with Gasteiger partial charge in [0, 0.05) is 6.04 Å². The van der Waals surface area contributed by atoms with Crippen molar-refractivity contribution in [2.45, 2.75) is 38.8 Å². The first-order valence-corrected chi connectivity index (χ1v) is 7.62. The van der Waals surface area contributed by atoms with Crippen LogP contribution in [0.4, 0.5) is 0 Å². The van der Waals surface area contributed by atoms with E-state index in [-0.39, 0.29) is 18.6 Å². The molecule has 0 bridgehead atoms. The van der Waals surface area contributed by atoms with Crippen molar-refractivity contribution >= 4 is 11.9 Å². The van der Waals surface area contributed by atoms with Gasteiger partial charge >= 0.3 is 5.97 Å². The molecule has 122 valence electrons. The van der Waals surface area contributed by atoms with E-state index in [1.165, 1.54) is 0 Å². The molecule has 2 rings (SSSR count). The fourth-order valence-corrected chi connectivity index (χ4v) is 2.12. The minimum absolute atomic E-state index is 0.119.